The van der Waals surface area contributed by atoms with Crippen LogP contribution in [0.3, 0.4) is 0 Å². The third-order valence-electron chi connectivity index (χ3n) is 2.91. The van der Waals surface area contributed by atoms with Crippen LogP contribution in [0, 0.1) is 0 Å². The van der Waals surface area contributed by atoms with Gasteiger partial charge in [0, 0.05) is 22.7 Å². The highest BCUT2D eigenvalue weighted by Gasteiger charge is 2.09. The van der Waals surface area contributed by atoms with Crippen LogP contribution in [-0.2, 0) is 6.54 Å². The molecule has 0 radical (unpaired) electrons. The second kappa shape index (κ2) is 6.60. The zero-order valence-corrected chi connectivity index (χ0v) is 11.8. The first-order chi connectivity index (χ1) is 9.26. The third kappa shape index (κ3) is 3.28. The monoisotopic (exact) mass is 275 g/mol. The number of halogens is 1. The maximum atomic E-state index is 6.34. The minimum Gasteiger partial charge on any atom is -0.493 e. The largest absolute Gasteiger partial charge is 0.493 e. The van der Waals surface area contributed by atoms with Crippen LogP contribution in [0.25, 0.3) is 11.1 Å². The predicted octanol–water partition coefficient (Wildman–Crippen LogP) is 4.25. The van der Waals surface area contributed by atoms with E-state index in [-0.39, 0.29) is 0 Å². The van der Waals surface area contributed by atoms with Crippen molar-refractivity contribution in [1.29, 1.82) is 0 Å². The molecule has 0 heterocycles. The lowest BCUT2D eigenvalue weighted by Gasteiger charge is -2.12. The van der Waals surface area contributed by atoms with Gasteiger partial charge in [0.15, 0.2) is 0 Å². The number of hydrogen-bond donors (Lipinski definition) is 1. The second-order valence-corrected chi connectivity index (χ2v) is 4.77. The van der Waals surface area contributed by atoms with Crippen LogP contribution in [0.1, 0.15) is 18.9 Å². The van der Waals surface area contributed by atoms with Gasteiger partial charge in [-0.2, -0.15) is 0 Å². The summed E-state index contributed by atoms with van der Waals surface area (Å²) < 4.78 is 5.77. The molecule has 0 aliphatic carbocycles. The molecule has 2 aromatic rings. The van der Waals surface area contributed by atoms with Gasteiger partial charge in [-0.3, -0.25) is 0 Å². The summed E-state index contributed by atoms with van der Waals surface area (Å²) in [5, 5.41) is 0.704. The molecule has 0 bridgehead atoms. The summed E-state index contributed by atoms with van der Waals surface area (Å²) in [4.78, 5) is 0. The SMILES string of the molecule is CCCOc1ccccc1-c1ccc(CN)cc1Cl. The van der Waals surface area contributed by atoms with Gasteiger partial charge in [-0.1, -0.05) is 48.9 Å². The summed E-state index contributed by atoms with van der Waals surface area (Å²) in [6.45, 7) is 3.29. The van der Waals surface area contributed by atoms with E-state index in [1.54, 1.807) is 0 Å². The van der Waals surface area contributed by atoms with E-state index in [9.17, 15) is 0 Å². The number of nitrogens with two attached hydrogens (primary N) is 1. The summed E-state index contributed by atoms with van der Waals surface area (Å²) in [5.41, 5.74) is 8.64. The molecule has 0 atom stereocenters. The van der Waals surface area contributed by atoms with E-state index < -0.39 is 0 Å². The molecule has 0 aromatic heterocycles. The van der Waals surface area contributed by atoms with E-state index in [1.165, 1.54) is 0 Å². The maximum Gasteiger partial charge on any atom is 0.127 e. The van der Waals surface area contributed by atoms with Crippen LogP contribution in [0.5, 0.6) is 5.75 Å². The molecule has 0 aliphatic rings. The summed E-state index contributed by atoms with van der Waals surface area (Å²) >= 11 is 6.34. The lowest BCUT2D eigenvalue weighted by molar-refractivity contribution is 0.318. The zero-order chi connectivity index (χ0) is 13.7. The third-order valence-corrected chi connectivity index (χ3v) is 3.22. The standard InChI is InChI=1S/C16H18ClNO/c1-2-9-19-16-6-4-3-5-14(16)13-8-7-12(11-18)10-15(13)17/h3-8,10H,2,9,11,18H2,1H3. The van der Waals surface area contributed by atoms with E-state index in [2.05, 4.69) is 6.92 Å². The van der Waals surface area contributed by atoms with Crippen LogP contribution in [0.15, 0.2) is 42.5 Å². The minimum absolute atomic E-state index is 0.494. The van der Waals surface area contributed by atoms with E-state index in [0.717, 1.165) is 28.9 Å². The van der Waals surface area contributed by atoms with Gasteiger partial charge in [0.25, 0.3) is 0 Å². The molecule has 19 heavy (non-hydrogen) atoms. The molecule has 0 unspecified atom stereocenters. The quantitative estimate of drug-likeness (QED) is 0.885. The number of ether oxygens (including phenoxy) is 1. The maximum absolute atomic E-state index is 6.34. The first-order valence-corrected chi connectivity index (χ1v) is 6.84. The van der Waals surface area contributed by atoms with Gasteiger partial charge in [-0.15, -0.1) is 0 Å². The van der Waals surface area contributed by atoms with Crippen LogP contribution in [0.2, 0.25) is 5.02 Å². The van der Waals surface area contributed by atoms with Gasteiger partial charge in [-0.05, 0) is 24.1 Å². The van der Waals surface area contributed by atoms with Crippen molar-refractivity contribution in [2.75, 3.05) is 6.61 Å². The van der Waals surface area contributed by atoms with E-state index in [0.29, 0.717) is 18.2 Å². The summed E-state index contributed by atoms with van der Waals surface area (Å²) in [6, 6.07) is 13.9. The second-order valence-electron chi connectivity index (χ2n) is 4.36. The molecule has 2 rings (SSSR count). The Labute approximate surface area is 119 Å². The Kier molecular flexibility index (Phi) is 4.83. The van der Waals surface area contributed by atoms with Crippen molar-refractivity contribution in [2.24, 2.45) is 5.73 Å². The van der Waals surface area contributed by atoms with Crippen molar-refractivity contribution < 1.29 is 4.74 Å². The molecular formula is C16H18ClNO. The van der Waals surface area contributed by atoms with Gasteiger partial charge in [-0.25, -0.2) is 0 Å². The molecule has 0 saturated heterocycles. The fourth-order valence-electron chi connectivity index (χ4n) is 1.93. The molecule has 100 valence electrons. The highest BCUT2D eigenvalue weighted by Crippen LogP contribution is 2.35. The molecule has 2 nitrogen and oxygen atoms in total. The number of rotatable bonds is 5. The number of benzene rings is 2. The molecule has 0 fully saturated rings. The Hall–Kier alpha value is -1.51. The Morgan fingerprint density at radius 1 is 1.11 bits per heavy atom. The molecule has 0 amide bonds. The molecule has 2 aromatic carbocycles. The summed E-state index contributed by atoms with van der Waals surface area (Å²) in [6.07, 6.45) is 0.980. The van der Waals surface area contributed by atoms with Gasteiger partial charge >= 0.3 is 0 Å². The van der Waals surface area contributed by atoms with Gasteiger partial charge in [0.05, 0.1) is 6.61 Å². The molecule has 0 spiro atoms. The molecule has 3 heteroatoms. The van der Waals surface area contributed by atoms with Gasteiger partial charge < -0.3 is 10.5 Å². The Bertz CT molecular complexity index is 554. The van der Waals surface area contributed by atoms with Crippen LogP contribution < -0.4 is 10.5 Å². The Balaban J connectivity index is 2.40. The normalized spacial score (nSPS) is 10.5. The highest BCUT2D eigenvalue weighted by molar-refractivity contribution is 6.33. The van der Waals surface area contributed by atoms with Crippen molar-refractivity contribution >= 4 is 11.6 Å². The van der Waals surface area contributed by atoms with Crippen molar-refractivity contribution in [2.45, 2.75) is 19.9 Å². The smallest absolute Gasteiger partial charge is 0.127 e. The minimum atomic E-state index is 0.494. The summed E-state index contributed by atoms with van der Waals surface area (Å²) in [5.74, 6) is 0.867. The molecule has 0 aliphatic heterocycles. The topological polar surface area (TPSA) is 35.2 Å². The number of hydrogen-bond acceptors (Lipinski definition) is 2. The molecule has 0 saturated carbocycles. The Morgan fingerprint density at radius 2 is 1.89 bits per heavy atom. The average Bonchev–Trinajstić information content (AvgIpc) is 2.45. The zero-order valence-electron chi connectivity index (χ0n) is 11.0. The van der Waals surface area contributed by atoms with Crippen molar-refractivity contribution in [3.05, 3.63) is 53.1 Å². The fourth-order valence-corrected chi connectivity index (χ4v) is 2.24. The van der Waals surface area contributed by atoms with Crippen molar-refractivity contribution in [3.63, 3.8) is 0 Å². The van der Waals surface area contributed by atoms with E-state index >= 15 is 0 Å². The van der Waals surface area contributed by atoms with Gasteiger partial charge in [0.1, 0.15) is 5.75 Å². The number of para-hydroxylation sites is 1. The first-order valence-electron chi connectivity index (χ1n) is 6.47. The van der Waals surface area contributed by atoms with Gasteiger partial charge in [0.2, 0.25) is 0 Å². The lowest BCUT2D eigenvalue weighted by Crippen LogP contribution is -1.98. The Morgan fingerprint density at radius 3 is 2.58 bits per heavy atom. The summed E-state index contributed by atoms with van der Waals surface area (Å²) in [7, 11) is 0. The lowest BCUT2D eigenvalue weighted by atomic mass is 10.0. The average molecular weight is 276 g/mol. The van der Waals surface area contributed by atoms with Crippen molar-refractivity contribution in [3.8, 4) is 16.9 Å². The van der Waals surface area contributed by atoms with Crippen LogP contribution >= 0.6 is 11.6 Å². The van der Waals surface area contributed by atoms with Crippen LogP contribution in [0.4, 0.5) is 0 Å². The molecule has 2 N–H and O–H groups in total. The van der Waals surface area contributed by atoms with Crippen LogP contribution in [-0.4, -0.2) is 6.61 Å². The van der Waals surface area contributed by atoms with E-state index in [1.807, 2.05) is 42.5 Å². The fraction of sp³-hybridized carbons (Fsp3) is 0.250. The van der Waals surface area contributed by atoms with E-state index in [4.69, 9.17) is 22.1 Å². The first kappa shape index (κ1) is 13.9. The van der Waals surface area contributed by atoms with Crippen molar-refractivity contribution in [1.82, 2.24) is 0 Å². The predicted molar refractivity (Wildman–Crippen MR) is 80.6 cm³/mol. The highest BCUT2D eigenvalue weighted by atomic mass is 35.5. The molecular weight excluding hydrogens is 258 g/mol.